The number of aromatic nitrogens is 3. The average molecular weight is 321 g/mol. The van der Waals surface area contributed by atoms with Gasteiger partial charge in [0.25, 0.3) is 15.2 Å². The zero-order chi connectivity index (χ0) is 14.4. The minimum atomic E-state index is -3.94. The summed E-state index contributed by atoms with van der Waals surface area (Å²) in [5, 5.41) is 12.6. The molecule has 0 bridgehead atoms. The molecule has 0 aromatic carbocycles. The summed E-state index contributed by atoms with van der Waals surface area (Å²) in [7, 11) is -3.94. The Kier molecular flexibility index (Phi) is 3.46. The van der Waals surface area contributed by atoms with Gasteiger partial charge in [0, 0.05) is 5.54 Å². The summed E-state index contributed by atoms with van der Waals surface area (Å²) in [5.41, 5.74) is -0.531. The number of nitrogens with two attached hydrogens (primary N) is 1. The van der Waals surface area contributed by atoms with Gasteiger partial charge < -0.3 is 0 Å². The molecule has 2 rings (SSSR count). The van der Waals surface area contributed by atoms with Crippen molar-refractivity contribution in [3.8, 4) is 10.7 Å². The van der Waals surface area contributed by atoms with Crippen LogP contribution in [0.5, 0.6) is 0 Å². The van der Waals surface area contributed by atoms with Crippen molar-refractivity contribution >= 4 is 33.0 Å². The van der Waals surface area contributed by atoms with Crippen molar-refractivity contribution < 1.29 is 8.42 Å². The van der Waals surface area contributed by atoms with Gasteiger partial charge in [0.1, 0.15) is 0 Å². The van der Waals surface area contributed by atoms with Crippen LogP contribution >= 0.6 is 22.9 Å². The van der Waals surface area contributed by atoms with Crippen LogP contribution in [-0.4, -0.2) is 23.2 Å². The molecule has 0 aliphatic heterocycles. The molecule has 19 heavy (non-hydrogen) atoms. The van der Waals surface area contributed by atoms with Crippen molar-refractivity contribution in [2.45, 2.75) is 31.5 Å². The maximum atomic E-state index is 11.6. The first-order chi connectivity index (χ1) is 8.60. The summed E-state index contributed by atoms with van der Waals surface area (Å²) in [6, 6.07) is 3.49. The van der Waals surface area contributed by atoms with Crippen molar-refractivity contribution in [2.24, 2.45) is 5.14 Å². The van der Waals surface area contributed by atoms with Crippen LogP contribution in [0.4, 0.5) is 0 Å². The van der Waals surface area contributed by atoms with E-state index in [1.807, 2.05) is 20.8 Å². The molecule has 0 aliphatic carbocycles. The second-order valence-electron chi connectivity index (χ2n) is 4.96. The van der Waals surface area contributed by atoms with Gasteiger partial charge in [-0.1, -0.05) is 11.6 Å². The minimum absolute atomic E-state index is 0.250. The molecular weight excluding hydrogens is 308 g/mol. The fourth-order valence-electron chi connectivity index (χ4n) is 1.65. The fourth-order valence-corrected chi connectivity index (χ4v) is 3.44. The van der Waals surface area contributed by atoms with Crippen LogP contribution in [0.25, 0.3) is 10.7 Å². The van der Waals surface area contributed by atoms with Gasteiger partial charge in [0.15, 0.2) is 5.82 Å². The Morgan fingerprint density at radius 2 is 1.95 bits per heavy atom. The van der Waals surface area contributed by atoms with E-state index in [4.69, 9.17) is 16.7 Å². The Labute approximate surface area is 120 Å². The highest BCUT2D eigenvalue weighted by atomic mass is 35.5. The third-order valence-corrected chi connectivity index (χ3v) is 4.35. The van der Waals surface area contributed by atoms with E-state index >= 15 is 0 Å². The van der Waals surface area contributed by atoms with Crippen LogP contribution in [0.3, 0.4) is 0 Å². The molecule has 6 nitrogen and oxygen atoms in total. The highest BCUT2D eigenvalue weighted by Crippen LogP contribution is 2.33. The Balaban J connectivity index is 2.74. The van der Waals surface area contributed by atoms with E-state index in [0.717, 1.165) is 4.88 Å². The molecular formula is C10H13ClN4O2S2. The van der Waals surface area contributed by atoms with E-state index in [2.05, 4.69) is 10.2 Å². The Morgan fingerprint density at radius 1 is 1.32 bits per heavy atom. The Hall–Kier alpha value is -0.960. The molecule has 2 aromatic heterocycles. The van der Waals surface area contributed by atoms with E-state index in [9.17, 15) is 8.42 Å². The van der Waals surface area contributed by atoms with Gasteiger partial charge in [-0.25, -0.2) is 13.6 Å². The smallest absolute Gasteiger partial charge is 0.273 e. The van der Waals surface area contributed by atoms with Crippen LogP contribution in [0.2, 0.25) is 4.34 Å². The number of thiophene rings is 1. The lowest BCUT2D eigenvalue weighted by Gasteiger charge is -2.23. The van der Waals surface area contributed by atoms with E-state index < -0.39 is 15.6 Å². The Morgan fingerprint density at radius 3 is 2.37 bits per heavy atom. The summed E-state index contributed by atoms with van der Waals surface area (Å²) in [6.45, 7) is 5.55. The zero-order valence-corrected chi connectivity index (χ0v) is 13.0. The summed E-state index contributed by atoms with van der Waals surface area (Å²) in [4.78, 5) is 0.738. The minimum Gasteiger partial charge on any atom is -0.291 e. The van der Waals surface area contributed by atoms with E-state index in [1.165, 1.54) is 15.9 Å². The lowest BCUT2D eigenvalue weighted by Crippen LogP contribution is -2.29. The maximum absolute atomic E-state index is 11.6. The number of sulfonamides is 1. The van der Waals surface area contributed by atoms with Crippen molar-refractivity contribution in [3.63, 3.8) is 0 Å². The van der Waals surface area contributed by atoms with Gasteiger partial charge in [0.05, 0.1) is 9.21 Å². The van der Waals surface area contributed by atoms with Crippen LogP contribution in [0, 0.1) is 0 Å². The molecule has 0 amide bonds. The first-order valence-corrected chi connectivity index (χ1v) is 8.09. The van der Waals surface area contributed by atoms with Crippen LogP contribution < -0.4 is 5.14 Å². The normalized spacial score (nSPS) is 12.9. The largest absolute Gasteiger partial charge is 0.291 e. The monoisotopic (exact) mass is 320 g/mol. The van der Waals surface area contributed by atoms with Crippen LogP contribution in [0.15, 0.2) is 17.3 Å². The summed E-state index contributed by atoms with van der Waals surface area (Å²) in [6.07, 6.45) is 0. The van der Waals surface area contributed by atoms with Crippen molar-refractivity contribution in [1.29, 1.82) is 0 Å². The van der Waals surface area contributed by atoms with Crippen LogP contribution in [0.1, 0.15) is 20.8 Å². The first kappa shape index (κ1) is 14.4. The number of hydrogen-bond donors (Lipinski definition) is 1. The number of rotatable bonds is 2. The van der Waals surface area contributed by atoms with Crippen molar-refractivity contribution in [3.05, 3.63) is 16.5 Å². The third kappa shape index (κ3) is 2.81. The summed E-state index contributed by atoms with van der Waals surface area (Å²) < 4.78 is 25.3. The lowest BCUT2D eigenvalue weighted by molar-refractivity contribution is 0.366. The Bertz CT molecular complexity index is 712. The topological polar surface area (TPSA) is 90.9 Å². The zero-order valence-electron chi connectivity index (χ0n) is 10.6. The quantitative estimate of drug-likeness (QED) is 0.917. The molecule has 0 unspecified atom stereocenters. The first-order valence-electron chi connectivity index (χ1n) is 5.35. The van der Waals surface area contributed by atoms with Gasteiger partial charge in [-0.15, -0.1) is 21.5 Å². The maximum Gasteiger partial charge on any atom is 0.273 e. The van der Waals surface area contributed by atoms with Gasteiger partial charge >= 0.3 is 0 Å². The number of nitrogens with zero attached hydrogens (tertiary/aromatic N) is 3. The number of primary sulfonamides is 1. The lowest BCUT2D eigenvalue weighted by atomic mass is 10.1. The number of hydrogen-bond acceptors (Lipinski definition) is 5. The second kappa shape index (κ2) is 4.55. The molecule has 0 aliphatic rings. The number of halogens is 1. The molecule has 0 fully saturated rings. The molecule has 0 spiro atoms. The van der Waals surface area contributed by atoms with E-state index in [0.29, 0.717) is 10.2 Å². The highest BCUT2D eigenvalue weighted by Gasteiger charge is 2.29. The van der Waals surface area contributed by atoms with Gasteiger partial charge in [0.2, 0.25) is 0 Å². The molecule has 0 atom stereocenters. The second-order valence-corrected chi connectivity index (χ2v) is 8.13. The van der Waals surface area contributed by atoms with E-state index in [-0.39, 0.29) is 5.16 Å². The predicted molar refractivity (Wildman–Crippen MR) is 74.7 cm³/mol. The average Bonchev–Trinajstić information content (AvgIpc) is 2.79. The standard InChI is InChI=1S/C10H13ClN4O2S2/c1-10(2,3)15-8(6-4-5-7(11)18-6)13-14-9(15)19(12,16)17/h4-5H,1-3H3,(H2,12,16,17). The van der Waals surface area contributed by atoms with Gasteiger partial charge in [-0.05, 0) is 32.9 Å². The molecule has 9 heteroatoms. The molecule has 0 radical (unpaired) electrons. The van der Waals surface area contributed by atoms with Gasteiger partial charge in [-0.3, -0.25) is 4.57 Å². The fraction of sp³-hybridized carbons (Fsp3) is 0.400. The highest BCUT2D eigenvalue weighted by molar-refractivity contribution is 7.89. The van der Waals surface area contributed by atoms with Gasteiger partial charge in [-0.2, -0.15) is 0 Å². The molecule has 104 valence electrons. The summed E-state index contributed by atoms with van der Waals surface area (Å²) in [5.74, 6) is 0.438. The van der Waals surface area contributed by atoms with Crippen molar-refractivity contribution in [2.75, 3.05) is 0 Å². The predicted octanol–water partition coefficient (Wildman–Crippen LogP) is 2.06. The molecule has 0 saturated carbocycles. The van der Waals surface area contributed by atoms with E-state index in [1.54, 1.807) is 12.1 Å². The molecule has 0 saturated heterocycles. The van der Waals surface area contributed by atoms with Crippen LogP contribution in [-0.2, 0) is 15.6 Å². The molecule has 2 heterocycles. The third-order valence-electron chi connectivity index (χ3n) is 2.35. The molecule has 2 aromatic rings. The summed E-state index contributed by atoms with van der Waals surface area (Å²) >= 11 is 7.19. The SMILES string of the molecule is CC(C)(C)n1c(-c2ccc(Cl)s2)nnc1S(N)(=O)=O. The van der Waals surface area contributed by atoms with Crippen molar-refractivity contribution in [1.82, 2.24) is 14.8 Å². The molecule has 2 N–H and O–H groups in total.